The van der Waals surface area contributed by atoms with Crippen molar-refractivity contribution in [2.45, 2.75) is 58.7 Å². The number of aryl methyl sites for hydroxylation is 1. The Labute approximate surface area is 99.0 Å². The van der Waals surface area contributed by atoms with E-state index in [2.05, 4.69) is 42.1 Å². The molecule has 1 heterocycles. The molecular formula is C14H24N2. The molecule has 0 bridgehead atoms. The number of hydrogen-bond donors (Lipinski definition) is 1. The Morgan fingerprint density at radius 2 is 2.25 bits per heavy atom. The van der Waals surface area contributed by atoms with Gasteiger partial charge in [-0.1, -0.05) is 19.8 Å². The summed E-state index contributed by atoms with van der Waals surface area (Å²) in [5.74, 6) is 1.02. The van der Waals surface area contributed by atoms with Crippen LogP contribution in [0.4, 0.5) is 0 Å². The van der Waals surface area contributed by atoms with E-state index in [4.69, 9.17) is 0 Å². The van der Waals surface area contributed by atoms with Gasteiger partial charge in [0.25, 0.3) is 0 Å². The molecule has 0 aliphatic heterocycles. The van der Waals surface area contributed by atoms with Gasteiger partial charge in [-0.2, -0.15) is 0 Å². The zero-order valence-corrected chi connectivity index (χ0v) is 10.6. The summed E-state index contributed by atoms with van der Waals surface area (Å²) in [7, 11) is 0. The molecular weight excluding hydrogens is 196 g/mol. The minimum atomic E-state index is 0.715. The van der Waals surface area contributed by atoms with Gasteiger partial charge in [-0.15, -0.1) is 0 Å². The fourth-order valence-electron chi connectivity index (χ4n) is 2.32. The Bertz CT molecular complexity index is 312. The number of nitrogens with one attached hydrogen (secondary N) is 1. The first-order valence-corrected chi connectivity index (χ1v) is 6.70. The topological polar surface area (TPSA) is 17.0 Å². The standard InChI is InChI=1S/C14H24N2/c1-3-13(10-12-7-8-12)15-11-14-6-5-9-16(14)4-2/h5-6,9,12-13,15H,3-4,7-8,10-11H2,1-2H3. The first kappa shape index (κ1) is 11.7. The predicted octanol–water partition coefficient (Wildman–Crippen LogP) is 3.18. The predicted molar refractivity (Wildman–Crippen MR) is 68.4 cm³/mol. The summed E-state index contributed by atoms with van der Waals surface area (Å²) in [5, 5.41) is 3.70. The minimum absolute atomic E-state index is 0.715. The van der Waals surface area contributed by atoms with Gasteiger partial charge in [0, 0.05) is 31.0 Å². The van der Waals surface area contributed by atoms with Crippen LogP contribution in [0.2, 0.25) is 0 Å². The molecule has 1 saturated carbocycles. The normalized spacial score (nSPS) is 17.6. The highest BCUT2D eigenvalue weighted by atomic mass is 15.0. The molecule has 16 heavy (non-hydrogen) atoms. The van der Waals surface area contributed by atoms with Gasteiger partial charge in [0.15, 0.2) is 0 Å². The van der Waals surface area contributed by atoms with Gasteiger partial charge in [0.2, 0.25) is 0 Å². The van der Waals surface area contributed by atoms with Gasteiger partial charge in [-0.25, -0.2) is 0 Å². The molecule has 2 nitrogen and oxygen atoms in total. The molecule has 1 aromatic rings. The van der Waals surface area contributed by atoms with E-state index in [1.807, 2.05) is 0 Å². The van der Waals surface area contributed by atoms with Crippen molar-refractivity contribution in [1.29, 1.82) is 0 Å². The lowest BCUT2D eigenvalue weighted by Crippen LogP contribution is -2.29. The maximum Gasteiger partial charge on any atom is 0.0361 e. The third-order valence-corrected chi connectivity index (χ3v) is 3.64. The molecule has 2 heteroatoms. The Kier molecular flexibility index (Phi) is 4.05. The van der Waals surface area contributed by atoms with Crippen LogP contribution >= 0.6 is 0 Å². The van der Waals surface area contributed by atoms with Crippen LogP contribution in [0.15, 0.2) is 18.3 Å². The summed E-state index contributed by atoms with van der Waals surface area (Å²) in [6, 6.07) is 5.08. The molecule has 0 spiro atoms. The van der Waals surface area contributed by atoms with Crippen molar-refractivity contribution in [2.24, 2.45) is 5.92 Å². The highest BCUT2D eigenvalue weighted by Crippen LogP contribution is 2.34. The highest BCUT2D eigenvalue weighted by molar-refractivity contribution is 5.06. The number of aromatic nitrogens is 1. The van der Waals surface area contributed by atoms with E-state index in [1.54, 1.807) is 0 Å². The quantitative estimate of drug-likeness (QED) is 0.747. The largest absolute Gasteiger partial charge is 0.351 e. The van der Waals surface area contributed by atoms with Crippen LogP contribution in [0.1, 0.15) is 45.2 Å². The van der Waals surface area contributed by atoms with Crippen LogP contribution in [0, 0.1) is 5.92 Å². The second-order valence-electron chi connectivity index (χ2n) is 4.95. The monoisotopic (exact) mass is 220 g/mol. The number of rotatable bonds is 7. The molecule has 1 atom stereocenters. The second-order valence-corrected chi connectivity index (χ2v) is 4.95. The second kappa shape index (κ2) is 5.53. The minimum Gasteiger partial charge on any atom is -0.351 e. The maximum atomic E-state index is 3.70. The molecule has 0 radical (unpaired) electrons. The maximum absolute atomic E-state index is 3.70. The first-order chi connectivity index (χ1) is 7.83. The molecule has 90 valence electrons. The van der Waals surface area contributed by atoms with E-state index < -0.39 is 0 Å². The van der Waals surface area contributed by atoms with Crippen molar-refractivity contribution >= 4 is 0 Å². The van der Waals surface area contributed by atoms with Gasteiger partial charge in [-0.05, 0) is 37.8 Å². The smallest absolute Gasteiger partial charge is 0.0361 e. The Balaban J connectivity index is 1.79. The van der Waals surface area contributed by atoms with Gasteiger partial charge >= 0.3 is 0 Å². The average Bonchev–Trinajstić information content (AvgIpc) is 3.00. The van der Waals surface area contributed by atoms with Gasteiger partial charge in [0.05, 0.1) is 0 Å². The van der Waals surface area contributed by atoms with E-state index in [9.17, 15) is 0 Å². The molecule has 1 N–H and O–H groups in total. The van der Waals surface area contributed by atoms with Gasteiger partial charge < -0.3 is 9.88 Å². The summed E-state index contributed by atoms with van der Waals surface area (Å²) in [5.41, 5.74) is 1.41. The summed E-state index contributed by atoms with van der Waals surface area (Å²) >= 11 is 0. The summed E-state index contributed by atoms with van der Waals surface area (Å²) in [6.45, 7) is 6.58. The third kappa shape index (κ3) is 3.11. The fraction of sp³-hybridized carbons (Fsp3) is 0.714. The molecule has 1 unspecified atom stereocenters. The molecule has 2 rings (SSSR count). The Morgan fingerprint density at radius 1 is 1.44 bits per heavy atom. The van der Waals surface area contributed by atoms with Crippen LogP contribution in [-0.4, -0.2) is 10.6 Å². The molecule has 1 fully saturated rings. The lowest BCUT2D eigenvalue weighted by atomic mass is 10.1. The molecule has 1 aromatic heterocycles. The molecule has 0 amide bonds. The van der Waals surface area contributed by atoms with E-state index in [1.165, 1.54) is 31.4 Å². The molecule has 0 saturated heterocycles. The van der Waals surface area contributed by atoms with Crippen molar-refractivity contribution in [3.63, 3.8) is 0 Å². The molecule has 0 aromatic carbocycles. The van der Waals surface area contributed by atoms with Crippen LogP contribution in [0.5, 0.6) is 0 Å². The van der Waals surface area contributed by atoms with E-state index in [-0.39, 0.29) is 0 Å². The lowest BCUT2D eigenvalue weighted by molar-refractivity contribution is 0.437. The van der Waals surface area contributed by atoms with Gasteiger partial charge in [0.1, 0.15) is 0 Å². The summed E-state index contributed by atoms with van der Waals surface area (Å²) in [4.78, 5) is 0. The Hall–Kier alpha value is -0.760. The fourth-order valence-corrected chi connectivity index (χ4v) is 2.32. The zero-order chi connectivity index (χ0) is 11.4. The SMILES string of the molecule is CCC(CC1CC1)NCc1cccn1CC. The Morgan fingerprint density at radius 3 is 2.88 bits per heavy atom. The molecule has 1 aliphatic rings. The van der Waals surface area contributed by atoms with Crippen LogP contribution < -0.4 is 5.32 Å². The van der Waals surface area contributed by atoms with E-state index in [0.717, 1.165) is 19.0 Å². The average molecular weight is 220 g/mol. The first-order valence-electron chi connectivity index (χ1n) is 6.70. The van der Waals surface area contributed by atoms with Crippen molar-refractivity contribution in [3.05, 3.63) is 24.0 Å². The lowest BCUT2D eigenvalue weighted by Gasteiger charge is -2.17. The van der Waals surface area contributed by atoms with E-state index >= 15 is 0 Å². The van der Waals surface area contributed by atoms with Crippen molar-refractivity contribution in [3.8, 4) is 0 Å². The summed E-state index contributed by atoms with van der Waals surface area (Å²) < 4.78 is 2.32. The van der Waals surface area contributed by atoms with Gasteiger partial charge in [-0.3, -0.25) is 0 Å². The van der Waals surface area contributed by atoms with Crippen molar-refractivity contribution in [2.75, 3.05) is 0 Å². The van der Waals surface area contributed by atoms with Crippen LogP contribution in [-0.2, 0) is 13.1 Å². The van der Waals surface area contributed by atoms with E-state index in [0.29, 0.717) is 6.04 Å². The number of hydrogen-bond acceptors (Lipinski definition) is 1. The van der Waals surface area contributed by atoms with Crippen molar-refractivity contribution < 1.29 is 0 Å². The summed E-state index contributed by atoms with van der Waals surface area (Å²) in [6.07, 6.45) is 7.72. The highest BCUT2D eigenvalue weighted by Gasteiger charge is 2.24. The van der Waals surface area contributed by atoms with Crippen molar-refractivity contribution in [1.82, 2.24) is 9.88 Å². The third-order valence-electron chi connectivity index (χ3n) is 3.64. The zero-order valence-electron chi connectivity index (χ0n) is 10.6. The van der Waals surface area contributed by atoms with Crippen LogP contribution in [0.25, 0.3) is 0 Å². The number of nitrogens with zero attached hydrogens (tertiary/aromatic N) is 1. The van der Waals surface area contributed by atoms with Crippen LogP contribution in [0.3, 0.4) is 0 Å². The molecule has 1 aliphatic carbocycles.